The Labute approximate surface area is 370 Å². The van der Waals surface area contributed by atoms with Crippen molar-refractivity contribution < 1.29 is 0 Å². The summed E-state index contributed by atoms with van der Waals surface area (Å²) in [5.74, 6) is 1.93. The molecule has 3 heteroatoms. The molecule has 0 unspecified atom stereocenters. The maximum absolute atomic E-state index is 2.74. The normalized spacial score (nSPS) is 18.3. The molecule has 0 bridgehead atoms. The quantitative estimate of drug-likeness (QED) is 0.124. The van der Waals surface area contributed by atoms with Crippen molar-refractivity contribution in [1.29, 1.82) is 0 Å². The smallest absolute Gasteiger partial charge is 0.252 e. The van der Waals surface area contributed by atoms with E-state index < -0.39 is 0 Å². The van der Waals surface area contributed by atoms with Gasteiger partial charge in [-0.05, 0) is 170 Å². The van der Waals surface area contributed by atoms with Crippen molar-refractivity contribution in [1.82, 2.24) is 9.13 Å². The first-order chi connectivity index (χ1) is 31.3. The SMILES string of the molecule is c1cc2c3c(c1)-n1c4cc5c6ccccc6c6ccccc6c5cc4c4cc(C5CCCCC5)cc(c41)B3c1cc(C3CCCCC3)cc3c4cc(C5CCCCC5)ccc4n-2c13. The number of aromatic nitrogens is 2. The van der Waals surface area contributed by atoms with Gasteiger partial charge in [0.15, 0.2) is 0 Å². The molecule has 4 heterocycles. The Balaban J connectivity index is 1.09. The number of hydrogen-bond donors (Lipinski definition) is 0. The second kappa shape index (κ2) is 13.4. The van der Waals surface area contributed by atoms with Crippen LogP contribution in [0.5, 0.6) is 0 Å². The van der Waals surface area contributed by atoms with Crippen LogP contribution in [0, 0.1) is 0 Å². The molecule has 0 N–H and O–H groups in total. The van der Waals surface area contributed by atoms with Crippen molar-refractivity contribution >= 4 is 99.0 Å². The van der Waals surface area contributed by atoms with Crippen LogP contribution in [0.1, 0.15) is 131 Å². The van der Waals surface area contributed by atoms with Crippen LogP contribution in [0.25, 0.3) is 87.3 Å². The average molecular weight is 813 g/mol. The third-order valence-corrected chi connectivity index (χ3v) is 17.4. The molecule has 3 saturated carbocycles. The topological polar surface area (TPSA) is 9.86 Å². The van der Waals surface area contributed by atoms with E-state index in [1.54, 1.807) is 22.2 Å². The van der Waals surface area contributed by atoms with Crippen molar-refractivity contribution in [2.24, 2.45) is 0 Å². The van der Waals surface area contributed by atoms with Crippen LogP contribution in [0.2, 0.25) is 0 Å². The molecule has 8 aromatic carbocycles. The van der Waals surface area contributed by atoms with Crippen molar-refractivity contribution in [3.8, 4) is 11.4 Å². The van der Waals surface area contributed by atoms with Gasteiger partial charge in [-0.15, -0.1) is 0 Å². The summed E-state index contributed by atoms with van der Waals surface area (Å²) in [5, 5.41) is 13.9. The lowest BCUT2D eigenvalue weighted by Gasteiger charge is -2.35. The largest absolute Gasteiger partial charge is 0.310 e. The van der Waals surface area contributed by atoms with Crippen molar-refractivity contribution in [3.63, 3.8) is 0 Å². The Morgan fingerprint density at radius 1 is 0.333 bits per heavy atom. The Morgan fingerprint density at radius 2 is 0.778 bits per heavy atom. The molecule has 306 valence electrons. The lowest BCUT2D eigenvalue weighted by Crippen LogP contribution is -2.59. The van der Waals surface area contributed by atoms with E-state index in [1.807, 2.05) is 0 Å². The van der Waals surface area contributed by atoms with Gasteiger partial charge in [-0.1, -0.05) is 131 Å². The molecule has 0 saturated heterocycles. The molecule has 5 aliphatic rings. The highest BCUT2D eigenvalue weighted by molar-refractivity contribution is 7.00. The molecular weight excluding hydrogens is 759 g/mol. The number of fused-ring (bicyclic) bond motifs is 16. The summed E-state index contributed by atoms with van der Waals surface area (Å²) < 4.78 is 5.45. The van der Waals surface area contributed by atoms with Crippen LogP contribution >= 0.6 is 0 Å². The van der Waals surface area contributed by atoms with Crippen LogP contribution < -0.4 is 16.4 Å². The van der Waals surface area contributed by atoms with Gasteiger partial charge in [-0.3, -0.25) is 0 Å². The van der Waals surface area contributed by atoms with Crippen LogP contribution in [-0.4, -0.2) is 15.8 Å². The van der Waals surface area contributed by atoms with Crippen molar-refractivity contribution in [2.75, 3.05) is 0 Å². The first-order valence-electron chi connectivity index (χ1n) is 24.9. The number of hydrogen-bond acceptors (Lipinski definition) is 0. The highest BCUT2D eigenvalue weighted by Gasteiger charge is 2.42. The van der Waals surface area contributed by atoms with E-state index in [0.29, 0.717) is 17.8 Å². The van der Waals surface area contributed by atoms with Gasteiger partial charge < -0.3 is 9.13 Å². The van der Waals surface area contributed by atoms with E-state index >= 15 is 0 Å². The summed E-state index contributed by atoms with van der Waals surface area (Å²) in [7, 11) is 0. The second-order valence-electron chi connectivity index (χ2n) is 20.6. The van der Waals surface area contributed by atoms with Crippen LogP contribution in [-0.2, 0) is 0 Å². The second-order valence-corrected chi connectivity index (χ2v) is 20.6. The number of rotatable bonds is 3. The summed E-state index contributed by atoms with van der Waals surface area (Å²) in [6, 6.07) is 49.2. The Morgan fingerprint density at radius 3 is 1.32 bits per heavy atom. The highest BCUT2D eigenvalue weighted by Crippen LogP contribution is 2.46. The van der Waals surface area contributed by atoms with Crippen molar-refractivity contribution in [3.05, 3.63) is 138 Å². The van der Waals surface area contributed by atoms with E-state index in [1.165, 1.54) is 195 Å². The van der Waals surface area contributed by atoms with Gasteiger partial charge in [0.1, 0.15) is 0 Å². The third-order valence-electron chi connectivity index (χ3n) is 17.4. The van der Waals surface area contributed by atoms with E-state index in [4.69, 9.17) is 0 Å². The average Bonchev–Trinajstić information content (AvgIpc) is 3.87. The Bertz CT molecular complexity index is 3580. The minimum absolute atomic E-state index is 0.177. The Hall–Kier alpha value is -5.80. The van der Waals surface area contributed by atoms with E-state index in [2.05, 4.69) is 130 Å². The zero-order valence-electron chi connectivity index (χ0n) is 36.4. The van der Waals surface area contributed by atoms with Crippen LogP contribution in [0.15, 0.2) is 121 Å². The standard InChI is InChI=1S/C60H53BN2/c1-4-15-36(16-5-1)39-27-28-54-48(29-39)50-30-40(37-17-6-2-7-18-37)32-52-59(50)62(54)55-25-14-26-56-58(55)61(52)53-33-41(38-19-8-3-9-20-38)31-51-49-34-46-44-23-12-10-21-42(44)43-22-11-13-24-45(43)47(46)35-57(49)63(56)60(51)53/h10-14,21-38H,1-9,15-20H2. The molecule has 0 radical (unpaired) electrons. The maximum Gasteiger partial charge on any atom is 0.252 e. The first kappa shape index (κ1) is 35.6. The highest BCUT2D eigenvalue weighted by atomic mass is 15.0. The summed E-state index contributed by atoms with van der Waals surface area (Å²) in [5.41, 5.74) is 17.7. The summed E-state index contributed by atoms with van der Waals surface area (Å²) in [4.78, 5) is 0. The third kappa shape index (κ3) is 4.92. The molecule has 0 amide bonds. The molecule has 2 aromatic heterocycles. The lowest BCUT2D eigenvalue weighted by atomic mass is 9.34. The molecule has 3 aliphatic carbocycles. The summed E-state index contributed by atoms with van der Waals surface area (Å²) >= 11 is 0. The lowest BCUT2D eigenvalue weighted by molar-refractivity contribution is 0.444. The van der Waals surface area contributed by atoms with Crippen LogP contribution in [0.4, 0.5) is 0 Å². The van der Waals surface area contributed by atoms with Gasteiger partial charge in [0.05, 0.1) is 11.0 Å². The van der Waals surface area contributed by atoms with Gasteiger partial charge in [-0.25, -0.2) is 0 Å². The Kier molecular flexibility index (Phi) is 7.56. The van der Waals surface area contributed by atoms with Crippen molar-refractivity contribution in [2.45, 2.75) is 114 Å². The summed E-state index contributed by atoms with van der Waals surface area (Å²) in [6.45, 7) is 0.177. The van der Waals surface area contributed by atoms with E-state index in [-0.39, 0.29) is 6.71 Å². The molecule has 2 nitrogen and oxygen atoms in total. The monoisotopic (exact) mass is 812 g/mol. The minimum atomic E-state index is 0.177. The molecule has 63 heavy (non-hydrogen) atoms. The van der Waals surface area contributed by atoms with E-state index in [9.17, 15) is 0 Å². The molecular formula is C60H53BN2. The summed E-state index contributed by atoms with van der Waals surface area (Å²) in [6.07, 6.45) is 20.2. The molecule has 0 atom stereocenters. The number of benzene rings is 8. The molecule has 15 rings (SSSR count). The fourth-order valence-electron chi connectivity index (χ4n) is 14.5. The van der Waals surface area contributed by atoms with Crippen LogP contribution in [0.3, 0.4) is 0 Å². The van der Waals surface area contributed by atoms with Gasteiger partial charge in [0, 0.05) is 44.0 Å². The minimum Gasteiger partial charge on any atom is -0.310 e. The molecule has 2 aliphatic heterocycles. The predicted molar refractivity (Wildman–Crippen MR) is 270 cm³/mol. The van der Waals surface area contributed by atoms with E-state index in [0.717, 1.165) is 0 Å². The maximum atomic E-state index is 2.74. The van der Waals surface area contributed by atoms with Gasteiger partial charge in [-0.2, -0.15) is 0 Å². The number of nitrogens with zero attached hydrogens (tertiary/aromatic N) is 2. The van der Waals surface area contributed by atoms with Gasteiger partial charge >= 0.3 is 0 Å². The molecule has 0 spiro atoms. The van der Waals surface area contributed by atoms with Gasteiger partial charge in [0.25, 0.3) is 6.71 Å². The fraction of sp³-hybridized carbons (Fsp3) is 0.300. The fourth-order valence-corrected chi connectivity index (χ4v) is 14.5. The predicted octanol–water partition coefficient (Wildman–Crippen LogP) is 14.6. The zero-order valence-corrected chi connectivity index (χ0v) is 36.4. The first-order valence-corrected chi connectivity index (χ1v) is 24.9. The van der Waals surface area contributed by atoms with Gasteiger partial charge in [0.2, 0.25) is 0 Å². The zero-order chi connectivity index (χ0) is 40.9. The molecule has 3 fully saturated rings. The molecule has 10 aromatic rings.